The molecular formula is C9H17N3OS. The number of rotatable bonds is 5. The molecule has 80 valence electrons. The van der Waals surface area contributed by atoms with E-state index in [0.717, 1.165) is 12.3 Å². The molecule has 0 spiro atoms. The fraction of sp³-hybridized carbons (Fsp3) is 0.667. The predicted octanol–water partition coefficient (Wildman–Crippen LogP) is 0.968. The second-order valence-electron chi connectivity index (χ2n) is 3.32. The number of aliphatic hydroxyl groups excluding tert-OH is 1. The van der Waals surface area contributed by atoms with Crippen LogP contribution in [0.5, 0.6) is 0 Å². The molecule has 0 bridgehead atoms. The van der Waals surface area contributed by atoms with Crippen molar-refractivity contribution in [1.82, 2.24) is 9.78 Å². The summed E-state index contributed by atoms with van der Waals surface area (Å²) >= 11 is 1.74. The average Bonchev–Trinajstić information content (AvgIpc) is 2.51. The van der Waals surface area contributed by atoms with Gasteiger partial charge in [-0.15, -0.1) is 0 Å². The molecule has 1 heterocycles. The Morgan fingerprint density at radius 3 is 2.86 bits per heavy atom. The third-order valence-corrected chi connectivity index (χ3v) is 3.38. The number of aromatic nitrogens is 2. The first kappa shape index (κ1) is 11.4. The van der Waals surface area contributed by atoms with E-state index >= 15 is 0 Å². The molecule has 0 saturated heterocycles. The first-order chi connectivity index (χ1) is 6.59. The van der Waals surface area contributed by atoms with E-state index in [2.05, 4.69) is 5.10 Å². The number of nitrogen functional groups attached to an aromatic ring is 1. The summed E-state index contributed by atoms with van der Waals surface area (Å²) in [4.78, 5) is 0. The van der Waals surface area contributed by atoms with Crippen LogP contribution in [0.25, 0.3) is 0 Å². The number of nitrogens with zero attached hydrogens (tertiary/aromatic N) is 2. The van der Waals surface area contributed by atoms with E-state index in [1.165, 1.54) is 0 Å². The summed E-state index contributed by atoms with van der Waals surface area (Å²) in [5.74, 6) is 1.49. The van der Waals surface area contributed by atoms with Crippen molar-refractivity contribution in [2.45, 2.75) is 31.7 Å². The van der Waals surface area contributed by atoms with Crippen LogP contribution in [-0.2, 0) is 6.54 Å². The number of thioether (sulfide) groups is 1. The lowest BCUT2D eigenvalue weighted by Gasteiger charge is -2.13. The molecule has 4 nitrogen and oxygen atoms in total. The van der Waals surface area contributed by atoms with E-state index in [1.807, 2.05) is 24.7 Å². The zero-order valence-electron chi connectivity index (χ0n) is 8.55. The van der Waals surface area contributed by atoms with Gasteiger partial charge in [0.25, 0.3) is 0 Å². The van der Waals surface area contributed by atoms with Gasteiger partial charge in [-0.2, -0.15) is 16.9 Å². The van der Waals surface area contributed by atoms with E-state index in [0.29, 0.717) is 5.82 Å². The summed E-state index contributed by atoms with van der Waals surface area (Å²) in [5.41, 5.74) is 5.48. The highest BCUT2D eigenvalue weighted by Crippen LogP contribution is 2.14. The van der Waals surface area contributed by atoms with Gasteiger partial charge in [-0.3, -0.25) is 4.68 Å². The van der Waals surface area contributed by atoms with Crippen LogP contribution in [-0.4, -0.2) is 32.0 Å². The number of hydrogen-bond acceptors (Lipinski definition) is 4. The van der Waals surface area contributed by atoms with E-state index in [-0.39, 0.29) is 11.4 Å². The molecule has 1 aromatic rings. The van der Waals surface area contributed by atoms with Crippen LogP contribution in [0.4, 0.5) is 5.82 Å². The maximum atomic E-state index is 9.26. The minimum absolute atomic E-state index is 0.261. The summed E-state index contributed by atoms with van der Waals surface area (Å²) < 4.78 is 1.82. The van der Waals surface area contributed by atoms with Gasteiger partial charge in [-0.05, 0) is 13.0 Å². The summed E-state index contributed by atoms with van der Waals surface area (Å²) in [6.07, 6.45) is 1.60. The average molecular weight is 215 g/mol. The Morgan fingerprint density at radius 1 is 1.64 bits per heavy atom. The minimum Gasteiger partial charge on any atom is -0.392 e. The van der Waals surface area contributed by atoms with Crippen molar-refractivity contribution in [2.75, 3.05) is 11.5 Å². The smallest absolute Gasteiger partial charge is 0.145 e. The third-order valence-electron chi connectivity index (χ3n) is 2.04. The van der Waals surface area contributed by atoms with Crippen molar-refractivity contribution < 1.29 is 5.11 Å². The summed E-state index contributed by atoms with van der Waals surface area (Å²) in [7, 11) is 0. The molecule has 0 aliphatic heterocycles. The normalized spacial score (nSPS) is 15.4. The SMILES string of the molecule is CC(O)C(C)SCCn1ccc(N)n1. The fourth-order valence-electron chi connectivity index (χ4n) is 0.973. The Morgan fingerprint density at radius 2 is 2.36 bits per heavy atom. The van der Waals surface area contributed by atoms with Crippen molar-refractivity contribution in [2.24, 2.45) is 0 Å². The van der Waals surface area contributed by atoms with Crippen molar-refractivity contribution in [3.8, 4) is 0 Å². The van der Waals surface area contributed by atoms with E-state index in [9.17, 15) is 5.11 Å². The van der Waals surface area contributed by atoms with Crippen molar-refractivity contribution in [3.05, 3.63) is 12.3 Å². The molecule has 1 rings (SSSR count). The molecule has 5 heteroatoms. The monoisotopic (exact) mass is 215 g/mol. The predicted molar refractivity (Wildman–Crippen MR) is 60.2 cm³/mol. The Bertz CT molecular complexity index is 275. The Labute approximate surface area is 88.5 Å². The molecule has 0 radical (unpaired) electrons. The van der Waals surface area contributed by atoms with E-state index in [4.69, 9.17) is 5.73 Å². The lowest BCUT2D eigenvalue weighted by Crippen LogP contribution is -2.16. The maximum Gasteiger partial charge on any atom is 0.145 e. The first-order valence-corrected chi connectivity index (χ1v) is 5.73. The van der Waals surface area contributed by atoms with Gasteiger partial charge < -0.3 is 10.8 Å². The van der Waals surface area contributed by atoms with Crippen LogP contribution < -0.4 is 5.73 Å². The lowest BCUT2D eigenvalue weighted by atomic mass is 10.3. The molecule has 0 aromatic carbocycles. The standard InChI is InChI=1S/C9H17N3OS/c1-7(13)8(2)14-6-5-12-4-3-9(10)11-12/h3-4,7-8,13H,5-6H2,1-2H3,(H2,10,11). The van der Waals surface area contributed by atoms with Crippen LogP contribution in [0, 0.1) is 0 Å². The minimum atomic E-state index is -0.261. The molecule has 0 aliphatic carbocycles. The van der Waals surface area contributed by atoms with Crippen LogP contribution >= 0.6 is 11.8 Å². The van der Waals surface area contributed by atoms with Gasteiger partial charge in [0, 0.05) is 17.2 Å². The van der Waals surface area contributed by atoms with Gasteiger partial charge in [0.1, 0.15) is 5.82 Å². The second kappa shape index (κ2) is 5.26. The molecule has 1 aromatic heterocycles. The van der Waals surface area contributed by atoms with Crippen LogP contribution in [0.1, 0.15) is 13.8 Å². The van der Waals surface area contributed by atoms with Gasteiger partial charge in [-0.25, -0.2) is 0 Å². The summed E-state index contributed by atoms with van der Waals surface area (Å²) in [6.45, 7) is 4.66. The molecule has 0 fully saturated rings. The van der Waals surface area contributed by atoms with Gasteiger partial charge >= 0.3 is 0 Å². The molecular weight excluding hydrogens is 198 g/mol. The van der Waals surface area contributed by atoms with Crippen LogP contribution in [0.15, 0.2) is 12.3 Å². The van der Waals surface area contributed by atoms with Crippen LogP contribution in [0.3, 0.4) is 0 Å². The Balaban J connectivity index is 2.22. The number of nitrogens with two attached hydrogens (primary N) is 1. The number of anilines is 1. The highest BCUT2D eigenvalue weighted by Gasteiger charge is 2.08. The fourth-order valence-corrected chi connectivity index (χ4v) is 1.92. The number of aryl methyl sites for hydroxylation is 1. The molecule has 14 heavy (non-hydrogen) atoms. The third kappa shape index (κ3) is 3.59. The van der Waals surface area contributed by atoms with Crippen molar-refractivity contribution in [3.63, 3.8) is 0 Å². The second-order valence-corrected chi connectivity index (χ2v) is 4.81. The largest absolute Gasteiger partial charge is 0.392 e. The number of aliphatic hydroxyl groups is 1. The van der Waals surface area contributed by atoms with Crippen LogP contribution in [0.2, 0.25) is 0 Å². The van der Waals surface area contributed by atoms with Gasteiger partial charge in [-0.1, -0.05) is 6.92 Å². The summed E-state index contributed by atoms with van der Waals surface area (Å²) in [6, 6.07) is 1.78. The lowest BCUT2D eigenvalue weighted by molar-refractivity contribution is 0.196. The quantitative estimate of drug-likeness (QED) is 0.768. The zero-order chi connectivity index (χ0) is 10.6. The molecule has 2 atom stereocenters. The highest BCUT2D eigenvalue weighted by atomic mass is 32.2. The van der Waals surface area contributed by atoms with E-state index in [1.54, 1.807) is 17.8 Å². The van der Waals surface area contributed by atoms with E-state index < -0.39 is 0 Å². The summed E-state index contributed by atoms with van der Waals surface area (Å²) in [5, 5.41) is 13.6. The maximum absolute atomic E-state index is 9.26. The molecule has 2 unspecified atom stereocenters. The Hall–Kier alpha value is -0.680. The van der Waals surface area contributed by atoms with Gasteiger partial charge in [0.2, 0.25) is 0 Å². The first-order valence-electron chi connectivity index (χ1n) is 4.68. The topological polar surface area (TPSA) is 64.1 Å². The number of hydrogen-bond donors (Lipinski definition) is 2. The molecule has 0 amide bonds. The molecule has 0 aliphatic rings. The van der Waals surface area contributed by atoms with Crippen molar-refractivity contribution >= 4 is 17.6 Å². The highest BCUT2D eigenvalue weighted by molar-refractivity contribution is 7.99. The Kier molecular flexibility index (Phi) is 4.28. The van der Waals surface area contributed by atoms with Gasteiger partial charge in [0.15, 0.2) is 0 Å². The zero-order valence-corrected chi connectivity index (χ0v) is 9.37. The molecule has 0 saturated carbocycles. The van der Waals surface area contributed by atoms with Gasteiger partial charge in [0.05, 0.1) is 12.6 Å². The molecule has 3 N–H and O–H groups in total. The van der Waals surface area contributed by atoms with Crippen molar-refractivity contribution in [1.29, 1.82) is 0 Å².